The Bertz CT molecular complexity index is 438. The van der Waals surface area contributed by atoms with Crippen LogP contribution >= 0.6 is 7.60 Å². The minimum absolute atomic E-state index is 0.217. The van der Waals surface area contributed by atoms with E-state index in [2.05, 4.69) is 6.92 Å². The molecule has 4 nitrogen and oxygen atoms in total. The molecule has 0 heterocycles. The van der Waals surface area contributed by atoms with E-state index in [1.807, 2.05) is 0 Å². The van der Waals surface area contributed by atoms with Gasteiger partial charge in [0.05, 0.1) is 12.8 Å². The van der Waals surface area contributed by atoms with Crippen molar-refractivity contribution in [3.63, 3.8) is 0 Å². The maximum Gasteiger partial charge on any atom is 0.329 e. The minimum atomic E-state index is -3.99. The van der Waals surface area contributed by atoms with Crippen molar-refractivity contribution in [3.05, 3.63) is 29.8 Å². The summed E-state index contributed by atoms with van der Waals surface area (Å²) in [6.45, 7) is 2.93. The summed E-state index contributed by atoms with van der Waals surface area (Å²) in [7, 11) is -3.99. The molecule has 1 aromatic rings. The fourth-order valence-electron chi connectivity index (χ4n) is 2.35. The molecule has 0 amide bonds. The number of hydrogen-bond donors (Lipinski definition) is 2. The van der Waals surface area contributed by atoms with Gasteiger partial charge in [0.1, 0.15) is 5.75 Å². The molecule has 0 aliphatic carbocycles. The van der Waals surface area contributed by atoms with Crippen LogP contribution in [0.5, 0.6) is 5.75 Å². The van der Waals surface area contributed by atoms with E-state index in [1.54, 1.807) is 24.3 Å². The van der Waals surface area contributed by atoms with Crippen LogP contribution in [0, 0.1) is 0 Å². The molecule has 0 fully saturated rings. The Labute approximate surface area is 134 Å². The lowest BCUT2D eigenvalue weighted by atomic mass is 10.1. The first-order chi connectivity index (χ1) is 10.5. The third-order valence-corrected chi connectivity index (χ3v) is 4.36. The van der Waals surface area contributed by atoms with Crippen LogP contribution < -0.4 is 4.74 Å². The van der Waals surface area contributed by atoms with Crippen LogP contribution in [-0.2, 0) is 10.7 Å². The normalized spacial score (nSPS) is 11.6. The zero-order valence-corrected chi connectivity index (χ0v) is 14.4. The molecule has 1 rings (SSSR count). The monoisotopic (exact) mass is 328 g/mol. The highest BCUT2D eigenvalue weighted by molar-refractivity contribution is 7.50. The van der Waals surface area contributed by atoms with Crippen molar-refractivity contribution in [3.8, 4) is 5.75 Å². The van der Waals surface area contributed by atoms with E-state index in [0.717, 1.165) is 12.2 Å². The average Bonchev–Trinajstić information content (AvgIpc) is 2.46. The Hall–Kier alpha value is -0.830. The number of ether oxygens (including phenoxy) is 1. The predicted octanol–water partition coefficient (Wildman–Crippen LogP) is 4.88. The van der Waals surface area contributed by atoms with Gasteiger partial charge in [-0.15, -0.1) is 0 Å². The molecule has 0 saturated heterocycles. The molecule has 0 aliphatic rings. The largest absolute Gasteiger partial charge is 0.494 e. The quantitative estimate of drug-likeness (QED) is 0.424. The molecular weight excluding hydrogens is 299 g/mol. The van der Waals surface area contributed by atoms with Crippen LogP contribution in [0.15, 0.2) is 24.3 Å². The Morgan fingerprint density at radius 2 is 1.45 bits per heavy atom. The molecule has 0 saturated carbocycles. The van der Waals surface area contributed by atoms with E-state index in [9.17, 15) is 4.57 Å². The van der Waals surface area contributed by atoms with Crippen LogP contribution in [-0.4, -0.2) is 16.4 Å². The Morgan fingerprint density at radius 3 is 2.00 bits per heavy atom. The van der Waals surface area contributed by atoms with Gasteiger partial charge in [0.25, 0.3) is 0 Å². The third-order valence-electron chi connectivity index (χ3n) is 3.58. The third kappa shape index (κ3) is 9.99. The molecule has 1 aromatic carbocycles. The topological polar surface area (TPSA) is 66.8 Å². The van der Waals surface area contributed by atoms with E-state index < -0.39 is 7.60 Å². The molecule has 126 valence electrons. The Balaban J connectivity index is 2.09. The van der Waals surface area contributed by atoms with E-state index in [4.69, 9.17) is 14.5 Å². The fraction of sp³-hybridized carbons (Fsp3) is 0.647. The number of rotatable bonds is 12. The molecule has 0 aliphatic heterocycles. The van der Waals surface area contributed by atoms with Crippen molar-refractivity contribution < 1.29 is 19.1 Å². The zero-order chi connectivity index (χ0) is 16.3. The van der Waals surface area contributed by atoms with Crippen molar-refractivity contribution in [2.75, 3.05) is 6.61 Å². The summed E-state index contributed by atoms with van der Waals surface area (Å²) in [6.07, 6.45) is 9.96. The molecule has 0 spiro atoms. The standard InChI is InChI=1S/C17H29O4P/c1-2-3-4-5-6-7-8-9-14-21-17-12-10-16(11-13-17)15-22(18,19)20/h10-13H,2-9,14-15H2,1H3,(H2,18,19,20). The zero-order valence-electron chi connectivity index (χ0n) is 13.5. The first-order valence-corrected chi connectivity index (χ1v) is 10.1. The average molecular weight is 328 g/mol. The summed E-state index contributed by atoms with van der Waals surface area (Å²) in [5.41, 5.74) is 0.632. The van der Waals surface area contributed by atoms with Gasteiger partial charge in [0, 0.05) is 0 Å². The van der Waals surface area contributed by atoms with Gasteiger partial charge in [-0.2, -0.15) is 0 Å². The van der Waals surface area contributed by atoms with Crippen molar-refractivity contribution >= 4 is 7.60 Å². The van der Waals surface area contributed by atoms with Gasteiger partial charge in [-0.25, -0.2) is 0 Å². The lowest BCUT2D eigenvalue weighted by Crippen LogP contribution is -1.97. The smallest absolute Gasteiger partial charge is 0.329 e. The number of benzene rings is 1. The summed E-state index contributed by atoms with van der Waals surface area (Å²) in [5, 5.41) is 0. The number of unbranched alkanes of at least 4 members (excludes halogenated alkanes) is 7. The van der Waals surface area contributed by atoms with Gasteiger partial charge < -0.3 is 14.5 Å². The summed E-state index contributed by atoms with van der Waals surface area (Å²) in [4.78, 5) is 17.8. The molecule has 0 aromatic heterocycles. The first kappa shape index (κ1) is 19.2. The molecule has 0 bridgehead atoms. The summed E-state index contributed by atoms with van der Waals surface area (Å²) < 4.78 is 16.5. The van der Waals surface area contributed by atoms with Crippen molar-refractivity contribution in [1.82, 2.24) is 0 Å². The van der Waals surface area contributed by atoms with Crippen LogP contribution in [0.25, 0.3) is 0 Å². The highest BCUT2D eigenvalue weighted by atomic mass is 31.2. The van der Waals surface area contributed by atoms with E-state index in [-0.39, 0.29) is 6.16 Å². The van der Waals surface area contributed by atoms with Gasteiger partial charge >= 0.3 is 7.60 Å². The van der Waals surface area contributed by atoms with Gasteiger partial charge in [-0.05, 0) is 24.1 Å². The second-order valence-electron chi connectivity index (χ2n) is 5.79. The minimum Gasteiger partial charge on any atom is -0.494 e. The molecular formula is C17H29O4P. The van der Waals surface area contributed by atoms with Crippen LogP contribution in [0.2, 0.25) is 0 Å². The maximum atomic E-state index is 10.9. The summed E-state index contributed by atoms with van der Waals surface area (Å²) >= 11 is 0. The van der Waals surface area contributed by atoms with Gasteiger partial charge in [-0.1, -0.05) is 64.0 Å². The SMILES string of the molecule is CCCCCCCCCCOc1ccc(CP(=O)(O)O)cc1. The van der Waals surface area contributed by atoms with Gasteiger partial charge in [-0.3, -0.25) is 4.57 Å². The van der Waals surface area contributed by atoms with Gasteiger partial charge in [0.2, 0.25) is 0 Å². The molecule has 2 N–H and O–H groups in total. The highest BCUT2D eigenvalue weighted by Crippen LogP contribution is 2.39. The van der Waals surface area contributed by atoms with Crippen LogP contribution in [0.1, 0.15) is 63.9 Å². The lowest BCUT2D eigenvalue weighted by molar-refractivity contribution is 0.304. The second-order valence-corrected chi connectivity index (χ2v) is 7.44. The Kier molecular flexibility index (Phi) is 9.45. The van der Waals surface area contributed by atoms with Crippen molar-refractivity contribution in [2.24, 2.45) is 0 Å². The molecule has 0 radical (unpaired) electrons. The van der Waals surface area contributed by atoms with Crippen molar-refractivity contribution in [1.29, 1.82) is 0 Å². The summed E-state index contributed by atoms with van der Waals surface area (Å²) in [5.74, 6) is 0.761. The molecule has 22 heavy (non-hydrogen) atoms. The molecule has 0 unspecified atom stereocenters. The fourth-order valence-corrected chi connectivity index (χ4v) is 3.04. The maximum absolute atomic E-state index is 10.9. The van der Waals surface area contributed by atoms with Crippen molar-refractivity contribution in [2.45, 2.75) is 64.5 Å². The second kappa shape index (κ2) is 10.8. The van der Waals surface area contributed by atoms with Gasteiger partial charge in [0.15, 0.2) is 0 Å². The van der Waals surface area contributed by atoms with E-state index in [0.29, 0.717) is 12.2 Å². The van der Waals surface area contributed by atoms with Crippen LogP contribution in [0.3, 0.4) is 0 Å². The Morgan fingerprint density at radius 1 is 0.909 bits per heavy atom. The van der Waals surface area contributed by atoms with Crippen LogP contribution in [0.4, 0.5) is 0 Å². The lowest BCUT2D eigenvalue weighted by Gasteiger charge is -2.08. The molecule has 0 atom stereocenters. The molecule has 5 heteroatoms. The highest BCUT2D eigenvalue weighted by Gasteiger charge is 2.13. The summed E-state index contributed by atoms with van der Waals surface area (Å²) in [6, 6.07) is 6.97. The van der Waals surface area contributed by atoms with E-state index >= 15 is 0 Å². The van der Waals surface area contributed by atoms with E-state index in [1.165, 1.54) is 44.9 Å². The first-order valence-electron chi connectivity index (χ1n) is 8.27. The number of hydrogen-bond acceptors (Lipinski definition) is 2. The predicted molar refractivity (Wildman–Crippen MR) is 90.3 cm³/mol.